The first-order valence-corrected chi connectivity index (χ1v) is 6.49. The summed E-state index contributed by atoms with van der Waals surface area (Å²) >= 11 is 12.0. The van der Waals surface area contributed by atoms with Gasteiger partial charge in [0, 0.05) is 29.3 Å². The van der Waals surface area contributed by atoms with Crippen LogP contribution >= 0.6 is 23.2 Å². The highest BCUT2D eigenvalue weighted by molar-refractivity contribution is 6.35. The fourth-order valence-electron chi connectivity index (χ4n) is 1.78. The number of hydrogen-bond acceptors (Lipinski definition) is 4. The average Bonchev–Trinajstić information content (AvgIpc) is 2.37. The number of nitrogens with one attached hydrogen (secondary N) is 1. The van der Waals surface area contributed by atoms with Crippen molar-refractivity contribution in [2.24, 2.45) is 0 Å². The maximum Gasteiger partial charge on any atom is 0.330 e. The summed E-state index contributed by atoms with van der Waals surface area (Å²) in [6, 6.07) is 4.99. The third-order valence-corrected chi connectivity index (χ3v) is 3.40. The van der Waals surface area contributed by atoms with E-state index in [0.29, 0.717) is 28.8 Å². The molecular weight excluding hydrogens is 289 g/mol. The van der Waals surface area contributed by atoms with E-state index in [2.05, 4.69) is 5.32 Å². The summed E-state index contributed by atoms with van der Waals surface area (Å²) in [7, 11) is 2.93. The third kappa shape index (κ3) is 3.83. The predicted molar refractivity (Wildman–Crippen MR) is 75.7 cm³/mol. The first-order valence-electron chi connectivity index (χ1n) is 5.73. The van der Waals surface area contributed by atoms with Crippen molar-refractivity contribution in [1.29, 1.82) is 0 Å². The molecule has 4 nitrogen and oxygen atoms in total. The molecule has 0 saturated carbocycles. The van der Waals surface area contributed by atoms with Gasteiger partial charge in [-0.3, -0.25) is 5.32 Å². The summed E-state index contributed by atoms with van der Waals surface area (Å²) in [6.45, 7) is 2.67. The van der Waals surface area contributed by atoms with Gasteiger partial charge in [0.2, 0.25) is 0 Å². The summed E-state index contributed by atoms with van der Waals surface area (Å²) < 4.78 is 9.82. The third-order valence-electron chi connectivity index (χ3n) is 2.85. The minimum Gasteiger partial charge on any atom is -0.467 e. The zero-order valence-corrected chi connectivity index (χ0v) is 12.6. The normalized spacial score (nSPS) is 13.9. The quantitative estimate of drug-likeness (QED) is 0.648. The van der Waals surface area contributed by atoms with E-state index < -0.39 is 11.5 Å². The van der Waals surface area contributed by atoms with Gasteiger partial charge >= 0.3 is 5.97 Å². The Hall–Kier alpha value is -0.810. The molecule has 1 unspecified atom stereocenters. The molecule has 1 aromatic carbocycles. The molecule has 19 heavy (non-hydrogen) atoms. The molecular formula is C13H17Cl2NO3. The minimum atomic E-state index is -1.05. The fourth-order valence-corrected chi connectivity index (χ4v) is 2.38. The van der Waals surface area contributed by atoms with E-state index >= 15 is 0 Å². The maximum atomic E-state index is 12.0. The van der Waals surface area contributed by atoms with Crippen LogP contribution in [-0.4, -0.2) is 33.3 Å². The highest BCUT2D eigenvalue weighted by atomic mass is 35.5. The number of esters is 1. The molecule has 0 bridgehead atoms. The van der Waals surface area contributed by atoms with Crippen LogP contribution in [0, 0.1) is 0 Å². The number of ether oxygens (including phenoxy) is 2. The Kier molecular flexibility index (Phi) is 6.07. The molecule has 0 aliphatic rings. The second-order valence-corrected chi connectivity index (χ2v) is 5.00. The SMILES string of the molecule is COCCNC(C)(C(=O)OC)c1ccc(Cl)cc1Cl. The van der Waals surface area contributed by atoms with E-state index in [1.807, 2.05) is 0 Å². The molecule has 0 fully saturated rings. The van der Waals surface area contributed by atoms with E-state index in [1.54, 1.807) is 32.2 Å². The van der Waals surface area contributed by atoms with Crippen molar-refractivity contribution >= 4 is 29.2 Å². The maximum absolute atomic E-state index is 12.0. The lowest BCUT2D eigenvalue weighted by Crippen LogP contribution is -2.48. The predicted octanol–water partition coefficient (Wildman–Crippen LogP) is 2.62. The number of carbonyl (C=O) groups excluding carboxylic acids is 1. The van der Waals surface area contributed by atoms with Gasteiger partial charge in [-0.25, -0.2) is 4.79 Å². The van der Waals surface area contributed by atoms with Gasteiger partial charge in [0.25, 0.3) is 0 Å². The highest BCUT2D eigenvalue weighted by Crippen LogP contribution is 2.31. The van der Waals surface area contributed by atoms with Gasteiger partial charge in [-0.05, 0) is 19.1 Å². The Morgan fingerprint density at radius 2 is 2.05 bits per heavy atom. The van der Waals surface area contributed by atoms with Gasteiger partial charge < -0.3 is 9.47 Å². The minimum absolute atomic E-state index is 0.408. The molecule has 0 aliphatic heterocycles. The molecule has 0 radical (unpaired) electrons. The summed E-state index contributed by atoms with van der Waals surface area (Å²) in [5.74, 6) is -0.423. The molecule has 1 N–H and O–H groups in total. The first kappa shape index (κ1) is 16.2. The fraction of sp³-hybridized carbons (Fsp3) is 0.462. The number of methoxy groups -OCH3 is 2. The van der Waals surface area contributed by atoms with Crippen LogP contribution in [0.15, 0.2) is 18.2 Å². The van der Waals surface area contributed by atoms with Crippen molar-refractivity contribution in [2.45, 2.75) is 12.5 Å². The number of hydrogen-bond donors (Lipinski definition) is 1. The van der Waals surface area contributed by atoms with Crippen LogP contribution in [0.25, 0.3) is 0 Å². The summed E-state index contributed by atoms with van der Waals surface area (Å²) in [5.41, 5.74) is -0.434. The molecule has 0 aliphatic carbocycles. The van der Waals surface area contributed by atoms with Crippen LogP contribution in [0.5, 0.6) is 0 Å². The second-order valence-electron chi connectivity index (χ2n) is 4.16. The molecule has 106 valence electrons. The monoisotopic (exact) mass is 305 g/mol. The Bertz CT molecular complexity index is 454. The molecule has 0 aromatic heterocycles. The van der Waals surface area contributed by atoms with Crippen molar-refractivity contribution in [3.8, 4) is 0 Å². The number of rotatable bonds is 6. The van der Waals surface area contributed by atoms with E-state index in [0.717, 1.165) is 0 Å². The van der Waals surface area contributed by atoms with E-state index in [9.17, 15) is 4.79 Å². The molecule has 0 spiro atoms. The van der Waals surface area contributed by atoms with Crippen molar-refractivity contribution in [1.82, 2.24) is 5.32 Å². The Morgan fingerprint density at radius 3 is 2.58 bits per heavy atom. The largest absolute Gasteiger partial charge is 0.467 e. The Balaban J connectivity index is 3.11. The molecule has 1 aromatic rings. The number of carbonyl (C=O) groups is 1. The van der Waals surface area contributed by atoms with Crippen LogP contribution in [0.1, 0.15) is 12.5 Å². The van der Waals surface area contributed by atoms with Gasteiger partial charge in [-0.1, -0.05) is 29.3 Å². The highest BCUT2D eigenvalue weighted by Gasteiger charge is 2.37. The van der Waals surface area contributed by atoms with Crippen LogP contribution in [0.4, 0.5) is 0 Å². The van der Waals surface area contributed by atoms with E-state index in [-0.39, 0.29) is 0 Å². The van der Waals surface area contributed by atoms with Crippen molar-refractivity contribution in [2.75, 3.05) is 27.4 Å². The lowest BCUT2D eigenvalue weighted by Gasteiger charge is -2.29. The van der Waals surface area contributed by atoms with Gasteiger partial charge in [0.05, 0.1) is 13.7 Å². The number of benzene rings is 1. The van der Waals surface area contributed by atoms with Crippen LogP contribution in [0.2, 0.25) is 10.0 Å². The van der Waals surface area contributed by atoms with E-state index in [1.165, 1.54) is 7.11 Å². The first-order chi connectivity index (χ1) is 8.95. The smallest absolute Gasteiger partial charge is 0.330 e. The zero-order valence-electron chi connectivity index (χ0n) is 11.1. The molecule has 1 rings (SSSR count). The van der Waals surface area contributed by atoms with Crippen molar-refractivity contribution < 1.29 is 14.3 Å². The Morgan fingerprint density at radius 1 is 1.37 bits per heavy atom. The molecule has 0 amide bonds. The second kappa shape index (κ2) is 7.10. The molecule has 6 heteroatoms. The van der Waals surface area contributed by atoms with Gasteiger partial charge in [0.1, 0.15) is 5.54 Å². The summed E-state index contributed by atoms with van der Waals surface area (Å²) in [5, 5.41) is 4.02. The summed E-state index contributed by atoms with van der Waals surface area (Å²) in [6.07, 6.45) is 0. The van der Waals surface area contributed by atoms with Crippen LogP contribution in [-0.2, 0) is 19.8 Å². The molecule has 0 saturated heterocycles. The standard InChI is InChI=1S/C13H17Cl2NO3/c1-13(12(17)19-3,16-6-7-18-2)10-5-4-9(14)8-11(10)15/h4-5,8,16H,6-7H2,1-3H3. The van der Waals surface area contributed by atoms with Crippen molar-refractivity contribution in [3.63, 3.8) is 0 Å². The Labute approximate surface area is 123 Å². The van der Waals surface area contributed by atoms with Gasteiger partial charge in [-0.2, -0.15) is 0 Å². The van der Waals surface area contributed by atoms with E-state index in [4.69, 9.17) is 32.7 Å². The summed E-state index contributed by atoms with van der Waals surface area (Å²) in [4.78, 5) is 12.0. The molecule has 0 heterocycles. The topological polar surface area (TPSA) is 47.6 Å². The lowest BCUT2D eigenvalue weighted by atomic mass is 9.92. The molecule has 1 atom stereocenters. The lowest BCUT2D eigenvalue weighted by molar-refractivity contribution is -0.148. The average molecular weight is 306 g/mol. The van der Waals surface area contributed by atoms with Crippen LogP contribution < -0.4 is 5.32 Å². The van der Waals surface area contributed by atoms with Crippen LogP contribution in [0.3, 0.4) is 0 Å². The van der Waals surface area contributed by atoms with Gasteiger partial charge in [0.15, 0.2) is 0 Å². The van der Waals surface area contributed by atoms with Gasteiger partial charge in [-0.15, -0.1) is 0 Å². The van der Waals surface area contributed by atoms with Crippen molar-refractivity contribution in [3.05, 3.63) is 33.8 Å². The number of halogens is 2. The zero-order chi connectivity index (χ0) is 14.5.